The van der Waals surface area contributed by atoms with Crippen molar-refractivity contribution in [3.8, 4) is 0 Å². The van der Waals surface area contributed by atoms with E-state index in [-0.39, 0.29) is 5.78 Å². The second kappa shape index (κ2) is 7.08. The number of carbonyl (C=O) groups excluding carboxylic acids is 2. The molecule has 0 fully saturated rings. The number of Topliss-reactive ketones (excluding diaryl/α,β-unsaturated/α-hetero) is 2. The molecule has 0 aliphatic carbocycles. The molecule has 0 aliphatic rings. The summed E-state index contributed by atoms with van der Waals surface area (Å²) in [5.74, 6) is -0.780. The second-order valence-electron chi connectivity index (χ2n) is 4.40. The topological polar surface area (TPSA) is 34.1 Å². The number of ketones is 2. The van der Waals surface area contributed by atoms with E-state index in [1.54, 1.807) is 54.6 Å². The van der Waals surface area contributed by atoms with Crippen LogP contribution >= 0.6 is 34.8 Å². The summed E-state index contributed by atoms with van der Waals surface area (Å²) in [5.41, 5.74) is 0.790. The van der Waals surface area contributed by atoms with E-state index in [4.69, 9.17) is 34.8 Å². The van der Waals surface area contributed by atoms with Crippen LogP contribution in [0.15, 0.2) is 54.6 Å². The Labute approximate surface area is 137 Å². The number of hydrogen-bond acceptors (Lipinski definition) is 2. The summed E-state index contributed by atoms with van der Waals surface area (Å²) < 4.78 is 0. The van der Waals surface area contributed by atoms with Gasteiger partial charge in [0.2, 0.25) is 0 Å². The van der Waals surface area contributed by atoms with Crippen molar-refractivity contribution in [1.29, 1.82) is 0 Å². The molecule has 21 heavy (non-hydrogen) atoms. The monoisotopic (exact) mass is 340 g/mol. The van der Waals surface area contributed by atoms with Crippen LogP contribution in [-0.2, 0) is 0 Å². The molecule has 0 saturated heterocycles. The van der Waals surface area contributed by atoms with Crippen LogP contribution in [0, 0.1) is 0 Å². The Hall–Kier alpha value is -1.35. The molecule has 2 aromatic carbocycles. The Kier molecular flexibility index (Phi) is 5.40. The van der Waals surface area contributed by atoms with E-state index in [1.807, 2.05) is 0 Å². The molecular formula is C16H11Cl3O2. The van der Waals surface area contributed by atoms with Gasteiger partial charge in [-0.05, 0) is 24.3 Å². The maximum Gasteiger partial charge on any atom is 0.182 e. The predicted octanol–water partition coefficient (Wildman–Crippen LogP) is 4.62. The molecule has 2 aromatic rings. The minimum absolute atomic E-state index is 0.367. The fraction of sp³-hybridized carbons (Fsp3) is 0.125. The standard InChI is InChI=1S/C16H11Cl3O2/c17-12-8-6-11(7-9-12)16(21)14(19)13(18)15(20)10-4-2-1-3-5-10/h1-9,13-14H. The van der Waals surface area contributed by atoms with Gasteiger partial charge in [-0.2, -0.15) is 0 Å². The zero-order chi connectivity index (χ0) is 15.4. The number of hydrogen-bond donors (Lipinski definition) is 0. The lowest BCUT2D eigenvalue weighted by Crippen LogP contribution is -2.32. The maximum atomic E-state index is 12.2. The number of carbonyl (C=O) groups is 2. The quantitative estimate of drug-likeness (QED) is 0.587. The van der Waals surface area contributed by atoms with Gasteiger partial charge in [0.25, 0.3) is 0 Å². The minimum atomic E-state index is -1.14. The Morgan fingerprint density at radius 3 is 1.62 bits per heavy atom. The lowest BCUT2D eigenvalue weighted by molar-refractivity contribution is 0.0926. The fourth-order valence-corrected chi connectivity index (χ4v) is 2.41. The van der Waals surface area contributed by atoms with Gasteiger partial charge in [0.05, 0.1) is 0 Å². The summed E-state index contributed by atoms with van der Waals surface area (Å²) in [6.07, 6.45) is 0. The molecule has 0 spiro atoms. The molecular weight excluding hydrogens is 331 g/mol. The lowest BCUT2D eigenvalue weighted by atomic mass is 10.0. The first-order valence-electron chi connectivity index (χ1n) is 6.18. The molecule has 2 unspecified atom stereocenters. The van der Waals surface area contributed by atoms with E-state index < -0.39 is 16.5 Å². The first kappa shape index (κ1) is 16.0. The van der Waals surface area contributed by atoms with Gasteiger partial charge in [-0.15, -0.1) is 23.2 Å². The molecule has 0 N–H and O–H groups in total. The number of benzene rings is 2. The smallest absolute Gasteiger partial charge is 0.182 e. The van der Waals surface area contributed by atoms with Crippen molar-refractivity contribution < 1.29 is 9.59 Å². The number of rotatable bonds is 5. The Morgan fingerprint density at radius 1 is 0.714 bits per heavy atom. The average molecular weight is 342 g/mol. The molecule has 0 heterocycles. The maximum absolute atomic E-state index is 12.2. The van der Waals surface area contributed by atoms with E-state index in [0.717, 1.165) is 0 Å². The summed E-state index contributed by atoms with van der Waals surface area (Å²) in [6, 6.07) is 14.8. The van der Waals surface area contributed by atoms with Gasteiger partial charge in [0.15, 0.2) is 11.6 Å². The molecule has 0 saturated carbocycles. The van der Waals surface area contributed by atoms with Crippen LogP contribution in [0.25, 0.3) is 0 Å². The summed E-state index contributed by atoms with van der Waals surface area (Å²) in [4.78, 5) is 24.4. The normalized spacial score (nSPS) is 13.5. The van der Waals surface area contributed by atoms with Crippen molar-refractivity contribution in [3.63, 3.8) is 0 Å². The van der Waals surface area contributed by atoms with Crippen molar-refractivity contribution in [1.82, 2.24) is 0 Å². The molecule has 0 radical (unpaired) electrons. The number of halogens is 3. The van der Waals surface area contributed by atoms with Crippen LogP contribution in [0.5, 0.6) is 0 Å². The molecule has 2 atom stereocenters. The van der Waals surface area contributed by atoms with Crippen LogP contribution in [0.4, 0.5) is 0 Å². The summed E-state index contributed by atoms with van der Waals surface area (Å²) in [5, 5.41) is -1.75. The fourth-order valence-electron chi connectivity index (χ4n) is 1.80. The third kappa shape index (κ3) is 3.85. The SMILES string of the molecule is O=C(c1ccccc1)C(Cl)C(Cl)C(=O)c1ccc(Cl)cc1. The van der Waals surface area contributed by atoms with E-state index in [9.17, 15) is 9.59 Å². The third-order valence-electron chi connectivity index (χ3n) is 2.94. The van der Waals surface area contributed by atoms with E-state index in [0.29, 0.717) is 16.1 Å². The summed E-state index contributed by atoms with van der Waals surface area (Å²) in [7, 11) is 0. The zero-order valence-electron chi connectivity index (χ0n) is 10.8. The van der Waals surface area contributed by atoms with Crippen LogP contribution in [0.2, 0.25) is 5.02 Å². The molecule has 2 nitrogen and oxygen atoms in total. The molecule has 0 aliphatic heterocycles. The van der Waals surface area contributed by atoms with Crippen molar-refractivity contribution in [2.45, 2.75) is 10.8 Å². The van der Waals surface area contributed by atoms with Crippen LogP contribution in [0.1, 0.15) is 20.7 Å². The highest BCUT2D eigenvalue weighted by atomic mass is 35.5. The van der Waals surface area contributed by atoms with Crippen molar-refractivity contribution in [3.05, 3.63) is 70.7 Å². The largest absolute Gasteiger partial charge is 0.292 e. The van der Waals surface area contributed by atoms with Crippen LogP contribution < -0.4 is 0 Å². The number of alkyl halides is 2. The lowest BCUT2D eigenvalue weighted by Gasteiger charge is -2.14. The highest BCUT2D eigenvalue weighted by molar-refractivity contribution is 6.46. The van der Waals surface area contributed by atoms with Crippen LogP contribution in [-0.4, -0.2) is 22.3 Å². The van der Waals surface area contributed by atoms with Gasteiger partial charge in [-0.3, -0.25) is 9.59 Å². The van der Waals surface area contributed by atoms with Crippen molar-refractivity contribution in [2.75, 3.05) is 0 Å². The Balaban J connectivity index is 2.15. The molecule has 0 bridgehead atoms. The average Bonchev–Trinajstić information content (AvgIpc) is 2.53. The van der Waals surface area contributed by atoms with Crippen molar-refractivity contribution in [2.24, 2.45) is 0 Å². The highest BCUT2D eigenvalue weighted by Crippen LogP contribution is 2.21. The summed E-state index contributed by atoms with van der Waals surface area (Å²) in [6.45, 7) is 0. The Bertz CT molecular complexity index is 638. The van der Waals surface area contributed by atoms with Gasteiger partial charge in [-0.25, -0.2) is 0 Å². The van der Waals surface area contributed by atoms with Crippen molar-refractivity contribution >= 4 is 46.4 Å². The van der Waals surface area contributed by atoms with Gasteiger partial charge < -0.3 is 0 Å². The predicted molar refractivity (Wildman–Crippen MR) is 85.8 cm³/mol. The van der Waals surface area contributed by atoms with Gasteiger partial charge in [-0.1, -0.05) is 41.9 Å². The van der Waals surface area contributed by atoms with E-state index >= 15 is 0 Å². The molecule has 2 rings (SSSR count). The molecule has 0 amide bonds. The molecule has 108 valence electrons. The molecule has 5 heteroatoms. The zero-order valence-corrected chi connectivity index (χ0v) is 13.1. The van der Waals surface area contributed by atoms with E-state index in [2.05, 4.69) is 0 Å². The summed E-state index contributed by atoms with van der Waals surface area (Å²) >= 11 is 17.9. The van der Waals surface area contributed by atoms with Gasteiger partial charge in [0.1, 0.15) is 10.8 Å². The first-order valence-corrected chi connectivity index (χ1v) is 7.43. The second-order valence-corrected chi connectivity index (χ2v) is 5.78. The first-order chi connectivity index (χ1) is 10.0. The Morgan fingerprint density at radius 2 is 1.14 bits per heavy atom. The molecule has 0 aromatic heterocycles. The van der Waals surface area contributed by atoms with E-state index in [1.165, 1.54) is 0 Å². The van der Waals surface area contributed by atoms with Gasteiger partial charge in [0, 0.05) is 16.1 Å². The third-order valence-corrected chi connectivity index (χ3v) is 4.23. The minimum Gasteiger partial charge on any atom is -0.292 e. The van der Waals surface area contributed by atoms with Crippen LogP contribution in [0.3, 0.4) is 0 Å². The highest BCUT2D eigenvalue weighted by Gasteiger charge is 2.31. The van der Waals surface area contributed by atoms with Gasteiger partial charge >= 0.3 is 0 Å².